The normalized spacial score (nSPS) is 22.1. The Bertz CT molecular complexity index is 188. The molecule has 0 amide bonds. The predicted molar refractivity (Wildman–Crippen MR) is 52.6 cm³/mol. The maximum Gasteiger partial charge on any atom is 2.00 e. The van der Waals surface area contributed by atoms with Crippen LogP contribution in [0.3, 0.4) is 0 Å². The van der Waals surface area contributed by atoms with Gasteiger partial charge < -0.3 is 15.0 Å². The Morgan fingerprint density at radius 3 is 2.29 bits per heavy atom. The minimum atomic E-state index is -1.10. The Morgan fingerprint density at radius 2 is 1.93 bits per heavy atom. The molecule has 1 atom stereocenters. The van der Waals surface area contributed by atoms with Gasteiger partial charge in [-0.2, -0.15) is 0 Å². The van der Waals surface area contributed by atoms with Crippen LogP contribution in [0.5, 0.6) is 0 Å². The number of aliphatic carboxylic acids is 1. The minimum absolute atomic E-state index is 0. The number of carboxylic acids is 1. The summed E-state index contributed by atoms with van der Waals surface area (Å²) in [4.78, 5) is 10.8. The van der Waals surface area contributed by atoms with Crippen LogP contribution in [0.2, 0.25) is 0 Å². The number of carbonyl (C=O) groups is 1. The maximum atomic E-state index is 10.8. The molecular formula is C10H17CaO3+. The molecule has 1 aliphatic carbocycles. The van der Waals surface area contributed by atoms with Crippen LogP contribution in [0, 0.1) is 5.92 Å². The smallest absolute Gasteiger partial charge is 0.550 e. The number of carbonyl (C=O) groups excluding carboxylic acids is 1. The molecule has 1 unspecified atom stereocenters. The van der Waals surface area contributed by atoms with Crippen molar-refractivity contribution in [3.63, 3.8) is 0 Å². The van der Waals surface area contributed by atoms with E-state index in [9.17, 15) is 15.0 Å². The van der Waals surface area contributed by atoms with E-state index in [1.165, 1.54) is 0 Å². The molecule has 0 aromatic carbocycles. The van der Waals surface area contributed by atoms with Crippen molar-refractivity contribution >= 4 is 43.7 Å². The van der Waals surface area contributed by atoms with Gasteiger partial charge in [0.1, 0.15) is 0 Å². The third kappa shape index (κ3) is 3.37. The molecule has 0 aromatic rings. The van der Waals surface area contributed by atoms with Crippen LogP contribution < -0.4 is 5.11 Å². The summed E-state index contributed by atoms with van der Waals surface area (Å²) in [7, 11) is 0. The zero-order valence-electron chi connectivity index (χ0n) is 8.79. The SMILES string of the molecule is CCC(C(=O)[O-])C1(O)CCCCC1.[Ca+2]. The quantitative estimate of drug-likeness (QED) is 0.692. The largest absolute Gasteiger partial charge is 2.00 e. The summed E-state index contributed by atoms with van der Waals surface area (Å²) in [6, 6.07) is 0. The van der Waals surface area contributed by atoms with Gasteiger partial charge in [0.2, 0.25) is 0 Å². The summed E-state index contributed by atoms with van der Waals surface area (Å²) >= 11 is 0. The Hall–Kier alpha value is 0.690. The van der Waals surface area contributed by atoms with E-state index in [0.29, 0.717) is 19.3 Å². The molecule has 0 heterocycles. The van der Waals surface area contributed by atoms with E-state index in [1.807, 2.05) is 0 Å². The molecule has 1 fully saturated rings. The molecule has 1 rings (SSSR count). The van der Waals surface area contributed by atoms with Crippen molar-refractivity contribution in [1.82, 2.24) is 0 Å². The molecular weight excluding hydrogens is 208 g/mol. The molecule has 0 spiro atoms. The van der Waals surface area contributed by atoms with Crippen molar-refractivity contribution in [1.29, 1.82) is 0 Å². The van der Waals surface area contributed by atoms with Crippen molar-refractivity contribution in [2.75, 3.05) is 0 Å². The third-order valence-corrected chi connectivity index (χ3v) is 3.06. The van der Waals surface area contributed by atoms with Gasteiger partial charge >= 0.3 is 37.7 Å². The monoisotopic (exact) mass is 225 g/mol. The van der Waals surface area contributed by atoms with E-state index >= 15 is 0 Å². The molecule has 3 nitrogen and oxygen atoms in total. The summed E-state index contributed by atoms with van der Waals surface area (Å²) in [5.41, 5.74) is -0.994. The van der Waals surface area contributed by atoms with Crippen molar-refractivity contribution in [2.45, 2.75) is 51.0 Å². The van der Waals surface area contributed by atoms with Gasteiger partial charge in [-0.05, 0) is 19.3 Å². The first-order valence-corrected chi connectivity index (χ1v) is 5.03. The summed E-state index contributed by atoms with van der Waals surface area (Å²) in [6.45, 7) is 1.78. The topological polar surface area (TPSA) is 60.4 Å². The average Bonchev–Trinajstić information content (AvgIpc) is 2.05. The fourth-order valence-electron chi connectivity index (χ4n) is 2.28. The van der Waals surface area contributed by atoms with Gasteiger partial charge in [-0.25, -0.2) is 0 Å². The second kappa shape index (κ2) is 6.31. The third-order valence-electron chi connectivity index (χ3n) is 3.06. The molecule has 0 aromatic heterocycles. The van der Waals surface area contributed by atoms with Crippen molar-refractivity contribution < 1.29 is 15.0 Å². The molecule has 0 aliphatic heterocycles. The van der Waals surface area contributed by atoms with E-state index in [4.69, 9.17) is 0 Å². The maximum absolute atomic E-state index is 10.8. The Kier molecular flexibility index (Phi) is 6.62. The second-order valence-corrected chi connectivity index (χ2v) is 3.94. The van der Waals surface area contributed by atoms with Crippen LogP contribution >= 0.6 is 0 Å². The van der Waals surface area contributed by atoms with Crippen LogP contribution in [0.25, 0.3) is 0 Å². The number of aliphatic hydroxyl groups is 1. The first kappa shape index (κ1) is 14.7. The fourth-order valence-corrected chi connectivity index (χ4v) is 2.28. The van der Waals surface area contributed by atoms with Gasteiger partial charge in [-0.1, -0.05) is 26.2 Å². The summed E-state index contributed by atoms with van der Waals surface area (Å²) < 4.78 is 0. The van der Waals surface area contributed by atoms with Crippen LogP contribution in [0.1, 0.15) is 45.4 Å². The van der Waals surface area contributed by atoms with Crippen LogP contribution in [0.15, 0.2) is 0 Å². The van der Waals surface area contributed by atoms with Crippen molar-refractivity contribution in [2.24, 2.45) is 5.92 Å². The predicted octanol–water partition coefficient (Wildman–Crippen LogP) is 0.0769. The van der Waals surface area contributed by atoms with Crippen LogP contribution in [-0.4, -0.2) is 54.4 Å². The molecule has 14 heavy (non-hydrogen) atoms. The molecule has 1 saturated carbocycles. The molecule has 4 heteroatoms. The summed E-state index contributed by atoms with van der Waals surface area (Å²) in [6.07, 6.45) is 4.64. The van der Waals surface area contributed by atoms with E-state index in [1.54, 1.807) is 6.92 Å². The van der Waals surface area contributed by atoms with E-state index in [2.05, 4.69) is 0 Å². The standard InChI is InChI=1S/C10H18O3.Ca/c1-2-8(9(11)12)10(13)6-4-3-5-7-10;/h8,13H,2-7H2,1H3,(H,11,12);/q;+2/p-1. The van der Waals surface area contributed by atoms with Crippen molar-refractivity contribution in [3.05, 3.63) is 0 Å². The number of hydrogen-bond acceptors (Lipinski definition) is 3. The number of hydrogen-bond donors (Lipinski definition) is 1. The van der Waals surface area contributed by atoms with Gasteiger partial charge in [-0.3, -0.25) is 0 Å². The van der Waals surface area contributed by atoms with Gasteiger partial charge in [0.15, 0.2) is 0 Å². The Labute approximate surface area is 115 Å². The summed E-state index contributed by atoms with van der Waals surface area (Å²) in [5.74, 6) is -1.79. The Morgan fingerprint density at radius 1 is 1.43 bits per heavy atom. The first-order valence-electron chi connectivity index (χ1n) is 5.03. The minimum Gasteiger partial charge on any atom is -0.550 e. The molecule has 0 saturated heterocycles. The van der Waals surface area contributed by atoms with Gasteiger partial charge in [0.05, 0.1) is 5.60 Å². The Balaban J connectivity index is 0.00000169. The zero-order chi connectivity index (χ0) is 9.90. The van der Waals surface area contributed by atoms with E-state index in [-0.39, 0.29) is 37.7 Å². The van der Waals surface area contributed by atoms with E-state index < -0.39 is 17.5 Å². The van der Waals surface area contributed by atoms with Crippen molar-refractivity contribution in [3.8, 4) is 0 Å². The van der Waals surface area contributed by atoms with Gasteiger partial charge in [0.25, 0.3) is 0 Å². The molecule has 76 valence electrons. The number of rotatable bonds is 3. The molecule has 1 N–H and O–H groups in total. The second-order valence-electron chi connectivity index (χ2n) is 3.94. The first-order chi connectivity index (χ1) is 6.10. The molecule has 1 aliphatic rings. The van der Waals surface area contributed by atoms with Gasteiger partial charge in [0, 0.05) is 11.9 Å². The van der Waals surface area contributed by atoms with Crippen LogP contribution in [-0.2, 0) is 4.79 Å². The van der Waals surface area contributed by atoms with Crippen LogP contribution in [0.4, 0.5) is 0 Å². The molecule has 0 bridgehead atoms. The van der Waals surface area contributed by atoms with Gasteiger partial charge in [-0.15, -0.1) is 0 Å². The fraction of sp³-hybridized carbons (Fsp3) is 0.900. The van der Waals surface area contributed by atoms with E-state index in [0.717, 1.165) is 19.3 Å². The average molecular weight is 225 g/mol. The summed E-state index contributed by atoms with van der Waals surface area (Å²) in [5, 5.41) is 20.8. The number of carboxylic acid groups (broad SMARTS) is 1. The zero-order valence-corrected chi connectivity index (χ0v) is 11.0. The molecule has 0 radical (unpaired) electrons.